The van der Waals surface area contributed by atoms with Gasteiger partial charge in [0.15, 0.2) is 5.65 Å². The zero-order chi connectivity index (χ0) is 13.2. The van der Waals surface area contributed by atoms with Crippen molar-refractivity contribution in [3.63, 3.8) is 0 Å². The average Bonchev–Trinajstić information content (AvgIpc) is 2.90. The van der Waals surface area contributed by atoms with Gasteiger partial charge in [-0.15, -0.1) is 0 Å². The van der Waals surface area contributed by atoms with Gasteiger partial charge in [-0.1, -0.05) is 11.8 Å². The minimum atomic E-state index is -0.449. The van der Waals surface area contributed by atoms with E-state index in [1.165, 1.54) is 18.7 Å². The van der Waals surface area contributed by atoms with Crippen LogP contribution in [-0.2, 0) is 0 Å². The van der Waals surface area contributed by atoms with E-state index in [0.717, 1.165) is 11.8 Å². The Morgan fingerprint density at radius 1 is 1.26 bits per heavy atom. The molecule has 3 aromatic rings. The summed E-state index contributed by atoms with van der Waals surface area (Å²) in [5, 5.41) is 9.29. The molecule has 5 nitrogen and oxygen atoms in total. The lowest BCUT2D eigenvalue weighted by molar-refractivity contribution is 0.601. The van der Waals surface area contributed by atoms with E-state index >= 15 is 0 Å². The van der Waals surface area contributed by atoms with Crippen molar-refractivity contribution in [1.29, 1.82) is 5.26 Å². The Kier molecular flexibility index (Phi) is 2.85. The van der Waals surface area contributed by atoms with Crippen molar-refractivity contribution >= 4 is 22.9 Å². The maximum absolute atomic E-state index is 13.8. The highest BCUT2D eigenvalue weighted by molar-refractivity contribution is 7.99. The molecule has 0 aliphatic carbocycles. The zero-order valence-corrected chi connectivity index (χ0v) is 10.3. The number of nitrogens with zero attached hydrogens (tertiary/aromatic N) is 4. The molecule has 7 heteroatoms. The van der Waals surface area contributed by atoms with Gasteiger partial charge >= 0.3 is 0 Å². The van der Waals surface area contributed by atoms with E-state index in [2.05, 4.69) is 19.9 Å². The number of aromatic nitrogens is 4. The van der Waals surface area contributed by atoms with E-state index in [0.29, 0.717) is 21.1 Å². The third-order valence-electron chi connectivity index (χ3n) is 2.46. The quantitative estimate of drug-likeness (QED) is 0.724. The summed E-state index contributed by atoms with van der Waals surface area (Å²) in [4.78, 5) is 15.4. The predicted molar refractivity (Wildman–Crippen MR) is 66.9 cm³/mol. The molecule has 19 heavy (non-hydrogen) atoms. The molecule has 0 radical (unpaired) electrons. The number of aromatic amines is 1. The summed E-state index contributed by atoms with van der Waals surface area (Å²) in [5.74, 6) is -0.449. The Morgan fingerprint density at radius 2 is 2.16 bits per heavy atom. The number of hydrogen-bond donors (Lipinski definition) is 1. The number of nitrogens with one attached hydrogen (secondary N) is 1. The molecule has 0 atom stereocenters. The summed E-state index contributed by atoms with van der Waals surface area (Å²) >= 11 is 1.16. The van der Waals surface area contributed by atoms with Crippen LogP contribution in [0.25, 0.3) is 11.2 Å². The Bertz CT molecular complexity index is 792. The van der Waals surface area contributed by atoms with Gasteiger partial charge in [0.05, 0.1) is 18.0 Å². The van der Waals surface area contributed by atoms with Gasteiger partial charge in [0.25, 0.3) is 0 Å². The van der Waals surface area contributed by atoms with Crippen molar-refractivity contribution in [1.82, 2.24) is 19.9 Å². The Hall–Kier alpha value is -2.46. The molecule has 1 aromatic carbocycles. The lowest BCUT2D eigenvalue weighted by Gasteiger charge is -2.03. The van der Waals surface area contributed by atoms with Crippen molar-refractivity contribution in [2.24, 2.45) is 0 Å². The molecule has 0 aliphatic rings. The molecule has 0 unspecified atom stereocenters. The molecule has 0 spiro atoms. The van der Waals surface area contributed by atoms with Crippen molar-refractivity contribution in [3.05, 3.63) is 42.2 Å². The molecule has 0 fully saturated rings. The number of halogens is 1. The fourth-order valence-corrected chi connectivity index (χ4v) is 2.43. The summed E-state index contributed by atoms with van der Waals surface area (Å²) < 4.78 is 13.8. The third kappa shape index (κ3) is 2.13. The summed E-state index contributed by atoms with van der Waals surface area (Å²) in [6.45, 7) is 0. The molecule has 0 aliphatic heterocycles. The molecular formula is C12H6FN5S. The molecule has 0 amide bonds. The second-order valence-electron chi connectivity index (χ2n) is 3.64. The number of imidazole rings is 1. The lowest BCUT2D eigenvalue weighted by atomic mass is 10.2. The van der Waals surface area contributed by atoms with Crippen LogP contribution in [-0.4, -0.2) is 19.9 Å². The number of nitriles is 1. The smallest absolute Gasteiger partial charge is 0.181 e. The standard InChI is InChI=1S/C12H6FN5S/c13-8-3-7(4-14)1-2-9(8)19-12-10-11(16-5-15-10)17-6-18-12/h1-3,5-6H,(H,15,16,17,18). The van der Waals surface area contributed by atoms with Crippen LogP contribution in [0.5, 0.6) is 0 Å². The minimum Gasteiger partial charge on any atom is -0.341 e. The normalized spacial score (nSPS) is 10.5. The fraction of sp³-hybridized carbons (Fsp3) is 0. The van der Waals surface area contributed by atoms with Gasteiger partial charge in [-0.2, -0.15) is 5.26 Å². The fourth-order valence-electron chi connectivity index (χ4n) is 1.58. The van der Waals surface area contributed by atoms with Crippen molar-refractivity contribution < 1.29 is 4.39 Å². The summed E-state index contributed by atoms with van der Waals surface area (Å²) in [5.41, 5.74) is 1.49. The van der Waals surface area contributed by atoms with E-state index in [9.17, 15) is 4.39 Å². The highest BCUT2D eigenvalue weighted by Gasteiger charge is 2.11. The van der Waals surface area contributed by atoms with Gasteiger partial charge < -0.3 is 4.98 Å². The number of fused-ring (bicyclic) bond motifs is 1. The number of H-pyrrole nitrogens is 1. The SMILES string of the molecule is N#Cc1ccc(Sc2ncnc3nc[nH]c23)c(F)c1. The molecular weight excluding hydrogens is 265 g/mol. The molecule has 0 saturated heterocycles. The second kappa shape index (κ2) is 4.66. The number of rotatable bonds is 2. The van der Waals surface area contributed by atoms with Gasteiger partial charge in [0.2, 0.25) is 0 Å². The zero-order valence-electron chi connectivity index (χ0n) is 9.46. The Labute approximate surface area is 111 Å². The maximum atomic E-state index is 13.8. The van der Waals surface area contributed by atoms with Crippen LogP contribution < -0.4 is 0 Å². The topological polar surface area (TPSA) is 78.2 Å². The highest BCUT2D eigenvalue weighted by Crippen LogP contribution is 2.31. The first-order valence-electron chi connectivity index (χ1n) is 5.29. The predicted octanol–water partition coefficient (Wildman–Crippen LogP) is 2.51. The first-order chi connectivity index (χ1) is 9.28. The van der Waals surface area contributed by atoms with E-state index in [-0.39, 0.29) is 5.56 Å². The average molecular weight is 271 g/mol. The molecule has 0 saturated carbocycles. The van der Waals surface area contributed by atoms with E-state index in [1.807, 2.05) is 6.07 Å². The summed E-state index contributed by atoms with van der Waals surface area (Å²) in [6.07, 6.45) is 2.89. The van der Waals surface area contributed by atoms with Gasteiger partial charge in [-0.05, 0) is 18.2 Å². The van der Waals surface area contributed by atoms with E-state index in [1.54, 1.807) is 12.1 Å². The highest BCUT2D eigenvalue weighted by atomic mass is 32.2. The number of hydrogen-bond acceptors (Lipinski definition) is 5. The van der Waals surface area contributed by atoms with Crippen LogP contribution in [0, 0.1) is 17.1 Å². The van der Waals surface area contributed by atoms with Gasteiger partial charge in [0.1, 0.15) is 22.7 Å². The molecule has 1 N–H and O–H groups in total. The molecule has 3 rings (SSSR count). The van der Waals surface area contributed by atoms with Crippen molar-refractivity contribution in [3.8, 4) is 6.07 Å². The summed E-state index contributed by atoms with van der Waals surface area (Å²) in [6, 6.07) is 6.22. The monoisotopic (exact) mass is 271 g/mol. The van der Waals surface area contributed by atoms with Gasteiger partial charge in [0, 0.05) is 4.90 Å². The van der Waals surface area contributed by atoms with Crippen LogP contribution >= 0.6 is 11.8 Å². The van der Waals surface area contributed by atoms with Crippen LogP contribution in [0.2, 0.25) is 0 Å². The molecule has 0 bridgehead atoms. The summed E-state index contributed by atoms with van der Waals surface area (Å²) in [7, 11) is 0. The lowest BCUT2D eigenvalue weighted by Crippen LogP contribution is -1.88. The van der Waals surface area contributed by atoms with Crippen LogP contribution in [0.4, 0.5) is 4.39 Å². The van der Waals surface area contributed by atoms with Gasteiger partial charge in [-0.3, -0.25) is 0 Å². The van der Waals surface area contributed by atoms with Crippen molar-refractivity contribution in [2.75, 3.05) is 0 Å². The largest absolute Gasteiger partial charge is 0.341 e. The number of benzene rings is 1. The third-order valence-corrected chi connectivity index (χ3v) is 3.51. The molecule has 2 aromatic heterocycles. The molecule has 2 heterocycles. The minimum absolute atomic E-state index is 0.288. The van der Waals surface area contributed by atoms with Crippen LogP contribution in [0.15, 0.2) is 40.8 Å². The Morgan fingerprint density at radius 3 is 2.95 bits per heavy atom. The molecule has 92 valence electrons. The van der Waals surface area contributed by atoms with Crippen LogP contribution in [0.1, 0.15) is 5.56 Å². The first kappa shape index (κ1) is 11.6. The second-order valence-corrected chi connectivity index (χ2v) is 4.67. The first-order valence-corrected chi connectivity index (χ1v) is 6.11. The van der Waals surface area contributed by atoms with Crippen LogP contribution in [0.3, 0.4) is 0 Å². The van der Waals surface area contributed by atoms with E-state index in [4.69, 9.17) is 5.26 Å². The Balaban J connectivity index is 2.02. The van der Waals surface area contributed by atoms with Gasteiger partial charge in [-0.25, -0.2) is 19.3 Å². The van der Waals surface area contributed by atoms with E-state index < -0.39 is 5.82 Å². The van der Waals surface area contributed by atoms with Crippen molar-refractivity contribution in [2.45, 2.75) is 9.92 Å². The maximum Gasteiger partial charge on any atom is 0.181 e.